The van der Waals surface area contributed by atoms with E-state index in [1.807, 2.05) is 49.9 Å². The first-order chi connectivity index (χ1) is 15.2. The Morgan fingerprint density at radius 3 is 2.53 bits per heavy atom. The highest BCUT2D eigenvalue weighted by atomic mass is 19.3. The Morgan fingerprint density at radius 1 is 1.16 bits per heavy atom. The molecule has 0 aliphatic carbocycles. The second kappa shape index (κ2) is 9.08. The molecule has 0 spiro atoms. The van der Waals surface area contributed by atoms with Crippen molar-refractivity contribution in [2.24, 2.45) is 5.92 Å². The smallest absolute Gasteiger partial charge is 0.263 e. The number of aromatic nitrogens is 2. The molecule has 3 atom stereocenters. The standard InChI is InChI=1S/C24H32F2N4O2/c1-14-5-6-19(11-15(14)2)32-17(4)24(31)29-9-7-18(8-10-29)20-13-21(23(25)26)30-22(27-20)12-16(3)28-30/h5-6,11-12,17-18,20-21,23,27H,7-10,13H2,1-4H3/t17-,20-,21+/m0/s1. The maximum absolute atomic E-state index is 13.7. The molecule has 8 heteroatoms. The van der Waals surface area contributed by atoms with Crippen molar-refractivity contribution in [1.82, 2.24) is 14.7 Å². The fraction of sp³-hybridized carbons (Fsp3) is 0.583. The average molecular weight is 447 g/mol. The van der Waals surface area contributed by atoms with Gasteiger partial charge in [-0.25, -0.2) is 13.5 Å². The number of likely N-dealkylation sites (tertiary alicyclic amines) is 1. The van der Waals surface area contributed by atoms with Crippen molar-refractivity contribution in [3.63, 3.8) is 0 Å². The van der Waals surface area contributed by atoms with E-state index in [2.05, 4.69) is 10.4 Å². The molecule has 1 amide bonds. The van der Waals surface area contributed by atoms with Crippen LogP contribution in [0, 0.1) is 26.7 Å². The molecular formula is C24H32F2N4O2. The maximum atomic E-state index is 13.7. The van der Waals surface area contributed by atoms with Gasteiger partial charge in [0.1, 0.15) is 17.6 Å². The van der Waals surface area contributed by atoms with E-state index >= 15 is 0 Å². The first-order valence-corrected chi connectivity index (χ1v) is 11.4. The number of hydrogen-bond donors (Lipinski definition) is 1. The van der Waals surface area contributed by atoms with Gasteiger partial charge in [-0.2, -0.15) is 5.10 Å². The first-order valence-electron chi connectivity index (χ1n) is 11.4. The highest BCUT2D eigenvalue weighted by molar-refractivity contribution is 5.81. The van der Waals surface area contributed by atoms with E-state index in [1.54, 1.807) is 6.92 Å². The van der Waals surface area contributed by atoms with Crippen LogP contribution in [0.4, 0.5) is 14.6 Å². The number of carbonyl (C=O) groups excluding carboxylic acids is 1. The summed E-state index contributed by atoms with van der Waals surface area (Å²) in [5, 5.41) is 7.66. The molecule has 1 aromatic heterocycles. The third-order valence-corrected chi connectivity index (χ3v) is 6.85. The summed E-state index contributed by atoms with van der Waals surface area (Å²) < 4.78 is 34.7. The normalized spacial score (nSPS) is 22.4. The number of halogens is 2. The Kier molecular flexibility index (Phi) is 6.40. The molecule has 2 aromatic rings. The minimum Gasteiger partial charge on any atom is -0.481 e. The van der Waals surface area contributed by atoms with Crippen LogP contribution in [-0.2, 0) is 4.79 Å². The Morgan fingerprint density at radius 2 is 1.88 bits per heavy atom. The largest absolute Gasteiger partial charge is 0.481 e. The molecule has 174 valence electrons. The Bertz CT molecular complexity index is 969. The van der Waals surface area contributed by atoms with Crippen LogP contribution in [0.3, 0.4) is 0 Å². The highest BCUT2D eigenvalue weighted by Gasteiger charge is 2.38. The molecule has 1 aromatic carbocycles. The molecule has 2 aliphatic heterocycles. The van der Waals surface area contributed by atoms with Crippen LogP contribution in [-0.4, -0.2) is 52.2 Å². The molecule has 0 bridgehead atoms. The summed E-state index contributed by atoms with van der Waals surface area (Å²) in [4.78, 5) is 14.8. The van der Waals surface area contributed by atoms with Gasteiger partial charge in [0.05, 0.1) is 5.69 Å². The molecule has 1 N–H and O–H groups in total. The Labute approximate surface area is 187 Å². The van der Waals surface area contributed by atoms with Gasteiger partial charge in [0.15, 0.2) is 6.10 Å². The van der Waals surface area contributed by atoms with Gasteiger partial charge in [-0.1, -0.05) is 6.07 Å². The van der Waals surface area contributed by atoms with E-state index in [9.17, 15) is 13.6 Å². The maximum Gasteiger partial charge on any atom is 0.263 e. The number of anilines is 1. The number of fused-ring (bicyclic) bond motifs is 1. The number of piperidine rings is 1. The number of nitrogens with zero attached hydrogens (tertiary/aromatic N) is 3. The van der Waals surface area contributed by atoms with Gasteiger partial charge in [-0.15, -0.1) is 0 Å². The molecule has 2 aliphatic rings. The van der Waals surface area contributed by atoms with Crippen LogP contribution in [0.25, 0.3) is 0 Å². The van der Waals surface area contributed by atoms with Gasteiger partial charge in [0.25, 0.3) is 12.3 Å². The third kappa shape index (κ3) is 4.59. The summed E-state index contributed by atoms with van der Waals surface area (Å²) in [6.45, 7) is 8.88. The summed E-state index contributed by atoms with van der Waals surface area (Å²) in [6, 6.07) is 6.71. The van der Waals surface area contributed by atoms with Gasteiger partial charge in [0, 0.05) is 25.2 Å². The van der Waals surface area contributed by atoms with E-state index < -0.39 is 18.6 Å². The molecule has 1 fully saturated rings. The van der Waals surface area contributed by atoms with Gasteiger partial charge in [-0.05, 0) is 76.1 Å². The SMILES string of the molecule is Cc1cc2n(n1)[C@@H](C(F)F)C[C@@H](C1CCN(C(=O)[C@H](C)Oc3ccc(C)c(C)c3)CC1)N2. The summed E-state index contributed by atoms with van der Waals surface area (Å²) in [5.41, 5.74) is 3.04. The van der Waals surface area contributed by atoms with Crippen molar-refractivity contribution in [2.45, 2.75) is 71.6 Å². The van der Waals surface area contributed by atoms with Crippen molar-refractivity contribution >= 4 is 11.7 Å². The topological polar surface area (TPSA) is 59.4 Å². The summed E-state index contributed by atoms with van der Waals surface area (Å²) in [5.74, 6) is 1.57. The number of aryl methyl sites for hydroxylation is 3. The van der Waals surface area contributed by atoms with Crippen molar-refractivity contribution in [2.75, 3.05) is 18.4 Å². The second-order valence-corrected chi connectivity index (χ2v) is 9.17. The van der Waals surface area contributed by atoms with E-state index in [4.69, 9.17) is 4.74 Å². The molecule has 0 radical (unpaired) electrons. The lowest BCUT2D eigenvalue weighted by molar-refractivity contribution is -0.139. The van der Waals surface area contributed by atoms with Gasteiger partial charge in [-0.3, -0.25) is 4.79 Å². The van der Waals surface area contributed by atoms with Crippen molar-refractivity contribution in [3.05, 3.63) is 41.1 Å². The summed E-state index contributed by atoms with van der Waals surface area (Å²) in [6.07, 6.45) is -1.12. The monoisotopic (exact) mass is 446 g/mol. The molecule has 0 saturated carbocycles. The van der Waals surface area contributed by atoms with Crippen molar-refractivity contribution in [3.8, 4) is 5.75 Å². The lowest BCUT2D eigenvalue weighted by Crippen LogP contribution is -2.48. The zero-order chi connectivity index (χ0) is 23.0. The number of hydrogen-bond acceptors (Lipinski definition) is 4. The molecule has 4 rings (SSSR count). The predicted molar refractivity (Wildman–Crippen MR) is 119 cm³/mol. The zero-order valence-corrected chi connectivity index (χ0v) is 19.1. The molecule has 1 saturated heterocycles. The summed E-state index contributed by atoms with van der Waals surface area (Å²) >= 11 is 0. The number of alkyl halides is 2. The van der Waals surface area contributed by atoms with Crippen LogP contribution < -0.4 is 10.1 Å². The zero-order valence-electron chi connectivity index (χ0n) is 19.1. The Balaban J connectivity index is 1.34. The predicted octanol–water partition coefficient (Wildman–Crippen LogP) is 4.50. The quantitative estimate of drug-likeness (QED) is 0.735. The minimum atomic E-state index is -2.46. The third-order valence-electron chi connectivity index (χ3n) is 6.85. The molecule has 32 heavy (non-hydrogen) atoms. The number of benzene rings is 1. The van der Waals surface area contributed by atoms with Gasteiger partial charge < -0.3 is 15.0 Å². The lowest BCUT2D eigenvalue weighted by atomic mass is 9.85. The van der Waals surface area contributed by atoms with E-state index in [-0.39, 0.29) is 17.9 Å². The number of rotatable bonds is 5. The molecule has 6 nitrogen and oxygen atoms in total. The molecular weight excluding hydrogens is 414 g/mol. The number of nitrogens with one attached hydrogen (secondary N) is 1. The van der Waals surface area contributed by atoms with Crippen molar-refractivity contribution < 1.29 is 18.3 Å². The second-order valence-electron chi connectivity index (χ2n) is 9.17. The minimum absolute atomic E-state index is 0.0301. The Hall–Kier alpha value is -2.64. The van der Waals surface area contributed by atoms with Crippen molar-refractivity contribution in [1.29, 1.82) is 0 Å². The fourth-order valence-corrected chi connectivity index (χ4v) is 4.83. The number of carbonyl (C=O) groups is 1. The molecule has 0 unspecified atom stereocenters. The van der Waals surface area contributed by atoms with Crippen LogP contribution >= 0.6 is 0 Å². The van der Waals surface area contributed by atoms with Crippen LogP contribution in [0.5, 0.6) is 5.75 Å². The van der Waals surface area contributed by atoms with Gasteiger partial charge in [0.2, 0.25) is 0 Å². The first kappa shape index (κ1) is 22.6. The average Bonchev–Trinajstić information content (AvgIpc) is 3.15. The number of ether oxygens (including phenoxy) is 1. The number of amides is 1. The van der Waals surface area contributed by atoms with E-state index in [0.717, 1.165) is 24.1 Å². The fourth-order valence-electron chi connectivity index (χ4n) is 4.83. The van der Waals surface area contributed by atoms with Crippen LogP contribution in [0.2, 0.25) is 0 Å². The van der Waals surface area contributed by atoms with E-state index in [0.29, 0.717) is 31.1 Å². The summed E-state index contributed by atoms with van der Waals surface area (Å²) in [7, 11) is 0. The van der Waals surface area contributed by atoms with E-state index in [1.165, 1.54) is 10.2 Å². The van der Waals surface area contributed by atoms with Crippen LogP contribution in [0.15, 0.2) is 24.3 Å². The molecule has 3 heterocycles. The van der Waals surface area contributed by atoms with Crippen LogP contribution in [0.1, 0.15) is 49.0 Å². The van der Waals surface area contributed by atoms with Gasteiger partial charge >= 0.3 is 0 Å². The lowest BCUT2D eigenvalue weighted by Gasteiger charge is -2.40. The highest BCUT2D eigenvalue weighted by Crippen LogP contribution is 2.37.